The van der Waals surface area contributed by atoms with E-state index in [0.29, 0.717) is 18.9 Å². The highest BCUT2D eigenvalue weighted by molar-refractivity contribution is 5.67. The number of piperidine rings is 1. The molecule has 1 aliphatic heterocycles. The number of rotatable bonds is 6. The van der Waals surface area contributed by atoms with Crippen molar-refractivity contribution >= 4 is 5.97 Å². The lowest BCUT2D eigenvalue weighted by Gasteiger charge is -2.30. The quantitative estimate of drug-likeness (QED) is 0.787. The fraction of sp³-hybridized carbons (Fsp3) is 0.692. The molecule has 6 heteroatoms. The SMILES string of the molecule is O=C(O)CC1CCN(Cc2cnn(CCO)c2)CC1. The molecule has 2 rings (SSSR count). The maximum absolute atomic E-state index is 10.7. The lowest BCUT2D eigenvalue weighted by Crippen LogP contribution is -2.33. The second-order valence-electron chi connectivity index (χ2n) is 5.15. The van der Waals surface area contributed by atoms with Gasteiger partial charge in [0, 0.05) is 24.7 Å². The molecule has 1 aromatic heterocycles. The van der Waals surface area contributed by atoms with Crippen LogP contribution in [0, 0.1) is 5.92 Å². The molecule has 0 spiro atoms. The van der Waals surface area contributed by atoms with E-state index in [1.54, 1.807) is 4.68 Å². The van der Waals surface area contributed by atoms with E-state index in [2.05, 4.69) is 10.00 Å². The molecule has 6 nitrogen and oxygen atoms in total. The third-order valence-electron chi connectivity index (χ3n) is 3.59. The van der Waals surface area contributed by atoms with Crippen molar-refractivity contribution in [2.45, 2.75) is 32.4 Å². The minimum atomic E-state index is -0.691. The van der Waals surface area contributed by atoms with Crippen molar-refractivity contribution in [3.63, 3.8) is 0 Å². The molecule has 1 saturated heterocycles. The lowest BCUT2D eigenvalue weighted by molar-refractivity contribution is -0.138. The molecule has 0 aliphatic carbocycles. The number of nitrogens with zero attached hydrogens (tertiary/aromatic N) is 3. The summed E-state index contributed by atoms with van der Waals surface area (Å²) in [6, 6.07) is 0. The summed E-state index contributed by atoms with van der Waals surface area (Å²) in [6.07, 6.45) is 6.00. The van der Waals surface area contributed by atoms with Crippen LogP contribution in [0.25, 0.3) is 0 Å². The van der Waals surface area contributed by atoms with E-state index in [9.17, 15) is 4.79 Å². The first-order chi connectivity index (χ1) is 9.17. The van der Waals surface area contributed by atoms with Gasteiger partial charge in [-0.2, -0.15) is 5.10 Å². The average molecular weight is 267 g/mol. The van der Waals surface area contributed by atoms with Crippen molar-refractivity contribution in [3.8, 4) is 0 Å². The lowest BCUT2D eigenvalue weighted by atomic mass is 9.93. The fourth-order valence-electron chi connectivity index (χ4n) is 2.57. The highest BCUT2D eigenvalue weighted by Crippen LogP contribution is 2.21. The van der Waals surface area contributed by atoms with Crippen LogP contribution in [-0.2, 0) is 17.9 Å². The van der Waals surface area contributed by atoms with Gasteiger partial charge in [-0.1, -0.05) is 0 Å². The molecule has 0 saturated carbocycles. The Morgan fingerprint density at radius 2 is 2.16 bits per heavy atom. The molecule has 0 bridgehead atoms. The molecular formula is C13H21N3O3. The van der Waals surface area contributed by atoms with Crippen LogP contribution in [0.15, 0.2) is 12.4 Å². The summed E-state index contributed by atoms with van der Waals surface area (Å²) in [5, 5.41) is 21.8. The van der Waals surface area contributed by atoms with Gasteiger partial charge < -0.3 is 10.2 Å². The summed E-state index contributed by atoms with van der Waals surface area (Å²) in [5.41, 5.74) is 1.14. The Morgan fingerprint density at radius 3 is 2.79 bits per heavy atom. The van der Waals surface area contributed by atoms with Gasteiger partial charge in [0.2, 0.25) is 0 Å². The summed E-state index contributed by atoms with van der Waals surface area (Å²) < 4.78 is 1.74. The van der Waals surface area contributed by atoms with E-state index in [-0.39, 0.29) is 6.61 Å². The van der Waals surface area contributed by atoms with E-state index in [4.69, 9.17) is 10.2 Å². The number of carboxylic acids is 1. The van der Waals surface area contributed by atoms with E-state index in [1.165, 1.54) is 0 Å². The Labute approximate surface area is 112 Å². The third-order valence-corrected chi connectivity index (χ3v) is 3.59. The first kappa shape index (κ1) is 14.0. The first-order valence-electron chi connectivity index (χ1n) is 6.73. The van der Waals surface area contributed by atoms with Crippen LogP contribution < -0.4 is 0 Å². The molecule has 19 heavy (non-hydrogen) atoms. The van der Waals surface area contributed by atoms with Crippen molar-refractivity contribution in [1.29, 1.82) is 0 Å². The predicted molar refractivity (Wildman–Crippen MR) is 69.6 cm³/mol. The van der Waals surface area contributed by atoms with Crippen molar-refractivity contribution in [2.75, 3.05) is 19.7 Å². The van der Waals surface area contributed by atoms with Crippen molar-refractivity contribution < 1.29 is 15.0 Å². The Bertz CT molecular complexity index is 411. The second-order valence-corrected chi connectivity index (χ2v) is 5.15. The van der Waals surface area contributed by atoms with Gasteiger partial charge in [-0.25, -0.2) is 0 Å². The maximum Gasteiger partial charge on any atom is 0.303 e. The molecule has 106 valence electrons. The molecule has 0 radical (unpaired) electrons. The number of aromatic nitrogens is 2. The highest BCUT2D eigenvalue weighted by atomic mass is 16.4. The number of likely N-dealkylation sites (tertiary alicyclic amines) is 1. The van der Waals surface area contributed by atoms with Crippen LogP contribution in [0.1, 0.15) is 24.8 Å². The predicted octanol–water partition coefficient (Wildman–Crippen LogP) is 0.562. The molecule has 0 amide bonds. The van der Waals surface area contributed by atoms with Gasteiger partial charge in [-0.15, -0.1) is 0 Å². The van der Waals surface area contributed by atoms with Gasteiger partial charge in [-0.05, 0) is 31.8 Å². The van der Waals surface area contributed by atoms with Gasteiger partial charge >= 0.3 is 5.97 Å². The van der Waals surface area contributed by atoms with Gasteiger partial charge in [0.15, 0.2) is 0 Å². The van der Waals surface area contributed by atoms with E-state index >= 15 is 0 Å². The van der Waals surface area contributed by atoms with Crippen LogP contribution in [0.5, 0.6) is 0 Å². The van der Waals surface area contributed by atoms with Crippen LogP contribution >= 0.6 is 0 Å². The van der Waals surface area contributed by atoms with Crippen LogP contribution in [-0.4, -0.2) is 50.6 Å². The summed E-state index contributed by atoms with van der Waals surface area (Å²) in [4.78, 5) is 13.0. The fourth-order valence-corrected chi connectivity index (χ4v) is 2.57. The van der Waals surface area contributed by atoms with Crippen molar-refractivity contribution in [1.82, 2.24) is 14.7 Å². The van der Waals surface area contributed by atoms with E-state index in [1.807, 2.05) is 12.4 Å². The minimum Gasteiger partial charge on any atom is -0.481 e. The number of aliphatic hydroxyl groups excluding tert-OH is 1. The smallest absolute Gasteiger partial charge is 0.303 e. The van der Waals surface area contributed by atoms with Crippen LogP contribution in [0.3, 0.4) is 0 Å². The number of hydrogen-bond acceptors (Lipinski definition) is 4. The number of hydrogen-bond donors (Lipinski definition) is 2. The van der Waals surface area contributed by atoms with Crippen LogP contribution in [0.2, 0.25) is 0 Å². The maximum atomic E-state index is 10.7. The number of carboxylic acid groups (broad SMARTS) is 1. The van der Waals surface area contributed by atoms with Crippen molar-refractivity contribution in [3.05, 3.63) is 18.0 Å². The summed E-state index contributed by atoms with van der Waals surface area (Å²) in [5.74, 6) is -0.366. The third kappa shape index (κ3) is 4.33. The molecule has 1 fully saturated rings. The van der Waals surface area contributed by atoms with Gasteiger partial charge in [-0.3, -0.25) is 14.4 Å². The summed E-state index contributed by atoms with van der Waals surface area (Å²) >= 11 is 0. The number of aliphatic carboxylic acids is 1. The topological polar surface area (TPSA) is 78.6 Å². The zero-order valence-corrected chi connectivity index (χ0v) is 11.0. The first-order valence-corrected chi connectivity index (χ1v) is 6.73. The Kier molecular flexibility index (Phi) is 4.93. The molecular weight excluding hydrogens is 246 g/mol. The monoisotopic (exact) mass is 267 g/mol. The standard InChI is InChI=1S/C13H21N3O3/c17-6-5-16-10-12(8-14-16)9-15-3-1-11(2-4-15)7-13(18)19/h8,10-11,17H,1-7,9H2,(H,18,19). The number of carbonyl (C=O) groups is 1. The number of aliphatic hydroxyl groups is 1. The van der Waals surface area contributed by atoms with E-state index in [0.717, 1.165) is 38.0 Å². The van der Waals surface area contributed by atoms with E-state index < -0.39 is 5.97 Å². The summed E-state index contributed by atoms with van der Waals surface area (Å²) in [6.45, 7) is 3.37. The molecule has 1 aromatic rings. The van der Waals surface area contributed by atoms with Gasteiger partial charge in [0.05, 0.1) is 19.3 Å². The Hall–Kier alpha value is -1.40. The summed E-state index contributed by atoms with van der Waals surface area (Å²) in [7, 11) is 0. The molecule has 2 heterocycles. The molecule has 1 aliphatic rings. The molecule has 0 aromatic carbocycles. The molecule has 2 N–H and O–H groups in total. The normalized spacial score (nSPS) is 17.7. The zero-order chi connectivity index (χ0) is 13.7. The highest BCUT2D eigenvalue weighted by Gasteiger charge is 2.21. The van der Waals surface area contributed by atoms with Gasteiger partial charge in [0.25, 0.3) is 0 Å². The molecule has 0 unspecified atom stereocenters. The largest absolute Gasteiger partial charge is 0.481 e. The van der Waals surface area contributed by atoms with Crippen LogP contribution in [0.4, 0.5) is 0 Å². The Morgan fingerprint density at radius 1 is 1.42 bits per heavy atom. The minimum absolute atomic E-state index is 0.0989. The molecule has 0 atom stereocenters. The Balaban J connectivity index is 1.76. The van der Waals surface area contributed by atoms with Gasteiger partial charge in [0.1, 0.15) is 0 Å². The van der Waals surface area contributed by atoms with Crippen molar-refractivity contribution in [2.24, 2.45) is 5.92 Å². The second kappa shape index (κ2) is 6.68. The average Bonchev–Trinajstić information content (AvgIpc) is 2.79. The zero-order valence-electron chi connectivity index (χ0n) is 11.0.